The van der Waals surface area contributed by atoms with Crippen molar-refractivity contribution in [2.24, 2.45) is 0 Å². The molecule has 0 spiro atoms. The Kier molecular flexibility index (Phi) is 6.80. The average molecular weight is 619 g/mol. The summed E-state index contributed by atoms with van der Waals surface area (Å²) in [6.45, 7) is 0. The highest BCUT2D eigenvalue weighted by atomic mass is 15.1. The van der Waals surface area contributed by atoms with Crippen molar-refractivity contribution in [1.29, 1.82) is 0 Å². The predicted molar refractivity (Wildman–Crippen MR) is 204 cm³/mol. The fraction of sp³-hybridized carbons (Fsp3) is 0. The number of hydrogen-bond acceptors (Lipinski definition) is 2. The monoisotopic (exact) mass is 618 g/mol. The van der Waals surface area contributed by atoms with E-state index in [4.69, 9.17) is 5.48 Å². The van der Waals surface area contributed by atoms with Crippen LogP contribution in [-0.2, 0) is 0 Å². The molecule has 0 saturated carbocycles. The summed E-state index contributed by atoms with van der Waals surface area (Å²) in [7, 11) is 0. The summed E-state index contributed by atoms with van der Waals surface area (Å²) >= 11 is 0. The van der Waals surface area contributed by atoms with Crippen molar-refractivity contribution < 1.29 is 5.48 Å². The first kappa shape index (κ1) is 24.8. The number of para-hydroxylation sites is 3. The van der Waals surface area contributed by atoms with Gasteiger partial charge in [-0.05, 0) is 94.4 Å². The standard InChI is InChI=1S/C46H34N2/c1-4-15-40(16-5-1)47(41-17-6-2-7-18-41)43-31-27-37(28-32-43)35-23-25-36(26-24-35)38-29-33-44(34-30-38)48(42-19-8-3-9-20-42)46-22-12-14-39-13-10-11-21-45(39)46/h1-34H/i23D,24D,25D,26D. The summed E-state index contributed by atoms with van der Waals surface area (Å²) in [5, 5.41) is 2.26. The number of fused-ring (bicyclic) bond motifs is 1. The van der Waals surface area contributed by atoms with E-state index in [1.807, 2.05) is 115 Å². The van der Waals surface area contributed by atoms with Crippen LogP contribution in [0.2, 0.25) is 0 Å². The van der Waals surface area contributed by atoms with Crippen LogP contribution >= 0.6 is 0 Å². The summed E-state index contributed by atoms with van der Waals surface area (Å²) in [6.07, 6.45) is 0. The molecule has 0 aliphatic rings. The molecule has 8 aromatic rings. The van der Waals surface area contributed by atoms with E-state index in [9.17, 15) is 0 Å². The average Bonchev–Trinajstić information content (AvgIpc) is 3.20. The van der Waals surface area contributed by atoms with Gasteiger partial charge in [0.25, 0.3) is 0 Å². The van der Waals surface area contributed by atoms with Gasteiger partial charge in [-0.1, -0.05) is 139 Å². The Morgan fingerprint density at radius 2 is 0.667 bits per heavy atom. The van der Waals surface area contributed by atoms with Gasteiger partial charge in [0.1, 0.15) is 0 Å². The van der Waals surface area contributed by atoms with E-state index in [-0.39, 0.29) is 35.3 Å². The summed E-state index contributed by atoms with van der Waals surface area (Å²) in [4.78, 5) is 4.34. The highest BCUT2D eigenvalue weighted by Gasteiger charge is 2.15. The predicted octanol–water partition coefficient (Wildman–Crippen LogP) is 13.1. The molecule has 0 aliphatic carbocycles. The molecule has 8 aromatic carbocycles. The first-order valence-electron chi connectivity index (χ1n) is 18.0. The molecular weight excluding hydrogens is 581 g/mol. The normalized spacial score (nSPS) is 12.1. The van der Waals surface area contributed by atoms with E-state index < -0.39 is 0 Å². The Labute approximate surface area is 288 Å². The Morgan fingerprint density at radius 3 is 1.17 bits per heavy atom. The van der Waals surface area contributed by atoms with Gasteiger partial charge < -0.3 is 9.80 Å². The second-order valence-electron chi connectivity index (χ2n) is 11.5. The maximum atomic E-state index is 9.08. The van der Waals surface area contributed by atoms with Crippen LogP contribution in [0, 0.1) is 0 Å². The molecule has 0 unspecified atom stereocenters. The molecule has 0 amide bonds. The third-order valence-corrected chi connectivity index (χ3v) is 8.50. The van der Waals surface area contributed by atoms with E-state index in [0.717, 1.165) is 44.9 Å². The largest absolute Gasteiger partial charge is 0.311 e. The summed E-state index contributed by atoms with van der Waals surface area (Å²) in [5.74, 6) is 0. The van der Waals surface area contributed by atoms with Crippen molar-refractivity contribution in [3.63, 3.8) is 0 Å². The summed E-state index contributed by atoms with van der Waals surface area (Å²) in [6, 6.07) is 60.1. The van der Waals surface area contributed by atoms with Gasteiger partial charge in [0.2, 0.25) is 0 Å². The Balaban J connectivity index is 1.16. The van der Waals surface area contributed by atoms with Gasteiger partial charge in [0.15, 0.2) is 0 Å². The number of rotatable bonds is 8. The Morgan fingerprint density at radius 1 is 0.292 bits per heavy atom. The third kappa shape index (κ3) is 5.84. The van der Waals surface area contributed by atoms with Crippen molar-refractivity contribution in [3.8, 4) is 22.3 Å². The van der Waals surface area contributed by atoms with Crippen LogP contribution in [-0.4, -0.2) is 0 Å². The molecular formula is C46H34N2. The first-order valence-corrected chi connectivity index (χ1v) is 16.0. The van der Waals surface area contributed by atoms with Crippen LogP contribution in [0.15, 0.2) is 206 Å². The topological polar surface area (TPSA) is 6.48 Å². The maximum absolute atomic E-state index is 9.08. The van der Waals surface area contributed by atoms with Crippen LogP contribution in [0.25, 0.3) is 33.0 Å². The summed E-state index contributed by atoms with van der Waals surface area (Å²) in [5.41, 5.74) is 7.67. The van der Waals surface area contributed by atoms with Gasteiger partial charge in [-0.15, -0.1) is 0 Å². The van der Waals surface area contributed by atoms with Crippen molar-refractivity contribution in [3.05, 3.63) is 206 Å². The minimum Gasteiger partial charge on any atom is -0.311 e. The maximum Gasteiger partial charge on any atom is 0.0629 e. The van der Waals surface area contributed by atoms with Gasteiger partial charge in [-0.2, -0.15) is 0 Å². The lowest BCUT2D eigenvalue weighted by Gasteiger charge is -2.27. The second kappa shape index (κ2) is 13.2. The van der Waals surface area contributed by atoms with E-state index in [2.05, 4.69) is 76.5 Å². The quantitative estimate of drug-likeness (QED) is 0.167. The third-order valence-electron chi connectivity index (χ3n) is 8.50. The zero-order chi connectivity index (χ0) is 35.6. The highest BCUT2D eigenvalue weighted by Crippen LogP contribution is 2.40. The Bertz CT molecular complexity index is 2410. The smallest absolute Gasteiger partial charge is 0.0629 e. The van der Waals surface area contributed by atoms with Crippen molar-refractivity contribution in [2.75, 3.05) is 9.80 Å². The zero-order valence-corrected chi connectivity index (χ0v) is 26.2. The molecule has 0 heterocycles. The molecule has 0 saturated heterocycles. The molecule has 8 rings (SSSR count). The fourth-order valence-electron chi connectivity index (χ4n) is 6.16. The van der Waals surface area contributed by atoms with Gasteiger partial charge in [-0.3, -0.25) is 0 Å². The molecule has 0 bridgehead atoms. The van der Waals surface area contributed by atoms with E-state index in [1.165, 1.54) is 0 Å². The minimum atomic E-state index is -0.0722. The molecule has 228 valence electrons. The first-order chi connectivity index (χ1) is 25.5. The number of hydrogen-bond donors (Lipinski definition) is 0. The molecule has 0 fully saturated rings. The molecule has 2 nitrogen and oxygen atoms in total. The molecule has 48 heavy (non-hydrogen) atoms. The van der Waals surface area contributed by atoms with E-state index in [1.54, 1.807) is 0 Å². The molecule has 0 radical (unpaired) electrons. The molecule has 0 atom stereocenters. The number of nitrogens with zero attached hydrogens (tertiary/aromatic N) is 2. The van der Waals surface area contributed by atoms with Crippen LogP contribution < -0.4 is 9.80 Å². The molecule has 0 aromatic heterocycles. The van der Waals surface area contributed by atoms with Gasteiger partial charge in [-0.25, -0.2) is 0 Å². The molecule has 2 heteroatoms. The van der Waals surface area contributed by atoms with Gasteiger partial charge in [0.05, 0.1) is 11.2 Å². The van der Waals surface area contributed by atoms with Gasteiger partial charge >= 0.3 is 0 Å². The van der Waals surface area contributed by atoms with Crippen LogP contribution in [0.3, 0.4) is 0 Å². The van der Waals surface area contributed by atoms with Crippen LogP contribution in [0.5, 0.6) is 0 Å². The van der Waals surface area contributed by atoms with Crippen molar-refractivity contribution in [2.45, 2.75) is 0 Å². The lowest BCUT2D eigenvalue weighted by molar-refractivity contribution is 1.28. The second-order valence-corrected chi connectivity index (χ2v) is 11.5. The summed E-state index contributed by atoms with van der Waals surface area (Å²) < 4.78 is 36.3. The minimum absolute atomic E-state index is 0.0718. The molecule has 0 N–H and O–H groups in total. The van der Waals surface area contributed by atoms with Gasteiger partial charge in [0, 0.05) is 33.8 Å². The van der Waals surface area contributed by atoms with Crippen molar-refractivity contribution >= 4 is 44.9 Å². The Hall–Kier alpha value is -6.38. The number of benzene rings is 8. The lowest BCUT2D eigenvalue weighted by Crippen LogP contribution is -2.10. The van der Waals surface area contributed by atoms with Crippen molar-refractivity contribution in [1.82, 2.24) is 0 Å². The zero-order valence-electron chi connectivity index (χ0n) is 30.2. The van der Waals surface area contributed by atoms with E-state index in [0.29, 0.717) is 11.1 Å². The van der Waals surface area contributed by atoms with E-state index >= 15 is 0 Å². The SMILES string of the molecule is [2H]c1c([2H])c(-c2ccc(N(c3ccccc3)c3cccc4ccccc34)cc2)c([2H])c([2H])c1-c1ccc(N(c2ccccc2)c2ccccc2)cc1. The van der Waals surface area contributed by atoms with Crippen LogP contribution in [0.4, 0.5) is 34.1 Å². The number of anilines is 6. The van der Waals surface area contributed by atoms with Crippen LogP contribution in [0.1, 0.15) is 5.48 Å². The lowest BCUT2D eigenvalue weighted by atomic mass is 9.99. The highest BCUT2D eigenvalue weighted by molar-refractivity contribution is 5.99. The molecule has 0 aliphatic heterocycles. The fourth-order valence-corrected chi connectivity index (χ4v) is 6.16.